The summed E-state index contributed by atoms with van der Waals surface area (Å²) in [7, 11) is 0. The highest BCUT2D eigenvalue weighted by Crippen LogP contribution is 2.19. The van der Waals surface area contributed by atoms with Gasteiger partial charge in [0.25, 0.3) is 5.69 Å². The van der Waals surface area contributed by atoms with Crippen molar-refractivity contribution in [2.75, 3.05) is 6.61 Å². The zero-order chi connectivity index (χ0) is 13.5. The number of aliphatic hydroxyl groups excluding tert-OH is 1. The maximum Gasteiger partial charge on any atom is 0.272 e. The molecule has 2 atom stereocenters. The summed E-state index contributed by atoms with van der Waals surface area (Å²) in [4.78, 5) is 10.5. The monoisotopic (exact) mass is 252 g/mol. The average Bonchev–Trinajstić information content (AvgIpc) is 2.36. The van der Waals surface area contributed by atoms with Crippen molar-refractivity contribution >= 4 is 5.69 Å². The van der Waals surface area contributed by atoms with Gasteiger partial charge in [-0.1, -0.05) is 18.2 Å². The van der Waals surface area contributed by atoms with Gasteiger partial charge in [0.15, 0.2) is 0 Å². The average molecular weight is 252 g/mol. The number of benzene rings is 1. The van der Waals surface area contributed by atoms with Crippen molar-refractivity contribution in [2.24, 2.45) is 0 Å². The molecule has 0 aliphatic rings. The fraction of sp³-hybridized carbons (Fsp3) is 0.538. The highest BCUT2D eigenvalue weighted by atomic mass is 16.6. The molecule has 1 aromatic rings. The summed E-state index contributed by atoms with van der Waals surface area (Å²) in [6.45, 7) is 4.01. The van der Waals surface area contributed by atoms with Crippen LogP contribution in [0, 0.1) is 10.1 Å². The van der Waals surface area contributed by atoms with Gasteiger partial charge < -0.3 is 10.4 Å². The lowest BCUT2D eigenvalue weighted by atomic mass is 10.0. The zero-order valence-electron chi connectivity index (χ0n) is 10.8. The summed E-state index contributed by atoms with van der Waals surface area (Å²) in [5.41, 5.74) is 0.938. The van der Waals surface area contributed by atoms with Crippen LogP contribution in [0.4, 0.5) is 5.69 Å². The van der Waals surface area contributed by atoms with E-state index in [2.05, 4.69) is 5.32 Å². The van der Waals surface area contributed by atoms with Crippen LogP contribution in [-0.4, -0.2) is 28.7 Å². The van der Waals surface area contributed by atoms with Crippen molar-refractivity contribution in [3.63, 3.8) is 0 Å². The van der Waals surface area contributed by atoms with Gasteiger partial charge in [0.2, 0.25) is 0 Å². The minimum absolute atomic E-state index is 0.0470. The van der Waals surface area contributed by atoms with Gasteiger partial charge in [-0.2, -0.15) is 0 Å². The number of aliphatic hydroxyl groups is 1. The van der Waals surface area contributed by atoms with Crippen LogP contribution >= 0.6 is 0 Å². The number of nitrogens with one attached hydrogen (secondary N) is 1. The molecule has 0 spiro atoms. The molecule has 18 heavy (non-hydrogen) atoms. The Balaban J connectivity index is 2.55. The Morgan fingerprint density at radius 1 is 1.33 bits per heavy atom. The summed E-state index contributed by atoms with van der Waals surface area (Å²) >= 11 is 0. The molecule has 0 amide bonds. The molecule has 5 heteroatoms. The van der Waals surface area contributed by atoms with Gasteiger partial charge in [0, 0.05) is 23.7 Å². The van der Waals surface area contributed by atoms with Gasteiger partial charge in [-0.15, -0.1) is 0 Å². The second-order valence-electron chi connectivity index (χ2n) is 4.58. The lowest BCUT2D eigenvalue weighted by Crippen LogP contribution is -2.37. The predicted octanol–water partition coefficient (Wildman–Crippen LogP) is 1.89. The predicted molar refractivity (Wildman–Crippen MR) is 70.6 cm³/mol. The summed E-state index contributed by atoms with van der Waals surface area (Å²) in [6.07, 6.45) is 1.46. The fourth-order valence-electron chi connectivity index (χ4n) is 1.89. The number of para-hydroxylation sites is 1. The SMILES string of the molecule is CC(CCc1ccccc1[N+](=O)[O-])N[C@H](C)CO. The van der Waals surface area contributed by atoms with Crippen LogP contribution < -0.4 is 5.32 Å². The Kier molecular flexibility index (Phi) is 5.74. The van der Waals surface area contributed by atoms with Gasteiger partial charge >= 0.3 is 0 Å². The molecule has 0 bridgehead atoms. The van der Waals surface area contributed by atoms with Crippen LogP contribution in [0.15, 0.2) is 24.3 Å². The second-order valence-corrected chi connectivity index (χ2v) is 4.58. The lowest BCUT2D eigenvalue weighted by molar-refractivity contribution is -0.385. The number of rotatable bonds is 7. The molecule has 1 unspecified atom stereocenters. The molecular weight excluding hydrogens is 232 g/mol. The quantitative estimate of drug-likeness (QED) is 0.574. The molecule has 2 N–H and O–H groups in total. The van der Waals surface area contributed by atoms with E-state index in [1.807, 2.05) is 19.9 Å². The third-order valence-corrected chi connectivity index (χ3v) is 2.88. The normalized spacial score (nSPS) is 14.2. The van der Waals surface area contributed by atoms with Gasteiger partial charge in [0.05, 0.1) is 11.5 Å². The molecular formula is C13H20N2O3. The van der Waals surface area contributed by atoms with Crippen molar-refractivity contribution in [3.8, 4) is 0 Å². The third kappa shape index (κ3) is 4.43. The number of nitro groups is 1. The summed E-state index contributed by atoms with van der Waals surface area (Å²) < 4.78 is 0. The number of hydrogen-bond donors (Lipinski definition) is 2. The van der Waals surface area contributed by atoms with Crippen LogP contribution in [0.1, 0.15) is 25.8 Å². The molecule has 1 aromatic carbocycles. The van der Waals surface area contributed by atoms with Crippen molar-refractivity contribution in [1.29, 1.82) is 0 Å². The van der Waals surface area contributed by atoms with Gasteiger partial charge in [0.1, 0.15) is 0 Å². The molecule has 0 saturated heterocycles. The maximum absolute atomic E-state index is 10.8. The highest BCUT2D eigenvalue weighted by molar-refractivity contribution is 5.39. The number of aryl methyl sites for hydroxylation is 1. The largest absolute Gasteiger partial charge is 0.395 e. The van der Waals surface area contributed by atoms with Crippen LogP contribution in [0.5, 0.6) is 0 Å². The van der Waals surface area contributed by atoms with Crippen molar-refractivity contribution in [3.05, 3.63) is 39.9 Å². The first-order valence-corrected chi connectivity index (χ1v) is 6.13. The highest BCUT2D eigenvalue weighted by Gasteiger charge is 2.13. The van der Waals surface area contributed by atoms with E-state index < -0.39 is 0 Å². The molecule has 100 valence electrons. The first-order chi connectivity index (χ1) is 8.54. The molecule has 0 aromatic heterocycles. The standard InChI is InChI=1S/C13H20N2O3/c1-10(14-11(2)9-16)7-8-12-5-3-4-6-13(12)15(17)18/h3-6,10-11,14,16H,7-9H2,1-2H3/t10?,11-/m1/s1. The van der Waals surface area contributed by atoms with Crippen LogP contribution in [-0.2, 0) is 6.42 Å². The van der Waals surface area contributed by atoms with E-state index in [4.69, 9.17) is 5.11 Å². The van der Waals surface area contributed by atoms with Gasteiger partial charge in [-0.05, 0) is 26.7 Å². The third-order valence-electron chi connectivity index (χ3n) is 2.88. The lowest BCUT2D eigenvalue weighted by Gasteiger charge is -2.18. The minimum atomic E-state index is -0.343. The van der Waals surface area contributed by atoms with Crippen molar-refractivity contribution in [2.45, 2.75) is 38.8 Å². The van der Waals surface area contributed by atoms with E-state index in [0.717, 1.165) is 12.0 Å². The molecule has 0 heterocycles. The second kappa shape index (κ2) is 7.08. The van der Waals surface area contributed by atoms with Gasteiger partial charge in [-0.25, -0.2) is 0 Å². The fourth-order valence-corrected chi connectivity index (χ4v) is 1.89. The summed E-state index contributed by atoms with van der Waals surface area (Å²) in [6, 6.07) is 7.08. The Bertz CT molecular complexity index is 396. The molecule has 0 fully saturated rings. The molecule has 0 aliphatic heterocycles. The van der Waals surface area contributed by atoms with Crippen LogP contribution in [0.2, 0.25) is 0 Å². The van der Waals surface area contributed by atoms with E-state index in [0.29, 0.717) is 6.42 Å². The topological polar surface area (TPSA) is 75.4 Å². The summed E-state index contributed by atoms with van der Waals surface area (Å²) in [5.74, 6) is 0. The van der Waals surface area contributed by atoms with Crippen LogP contribution in [0.3, 0.4) is 0 Å². The molecule has 1 rings (SSSR count). The Hall–Kier alpha value is -1.46. The molecule has 0 radical (unpaired) electrons. The Morgan fingerprint density at radius 2 is 2.00 bits per heavy atom. The molecule has 5 nitrogen and oxygen atoms in total. The summed E-state index contributed by atoms with van der Waals surface area (Å²) in [5, 5.41) is 23.0. The molecule has 0 aliphatic carbocycles. The van der Waals surface area contributed by atoms with Crippen molar-refractivity contribution in [1.82, 2.24) is 5.32 Å². The van der Waals surface area contributed by atoms with E-state index in [-0.39, 0.29) is 29.3 Å². The van der Waals surface area contributed by atoms with Gasteiger partial charge in [-0.3, -0.25) is 10.1 Å². The van der Waals surface area contributed by atoms with E-state index in [1.54, 1.807) is 12.1 Å². The first-order valence-electron chi connectivity index (χ1n) is 6.13. The smallest absolute Gasteiger partial charge is 0.272 e. The maximum atomic E-state index is 10.8. The van der Waals surface area contributed by atoms with E-state index in [1.165, 1.54) is 6.07 Å². The molecule has 0 saturated carbocycles. The Labute approximate surface area is 107 Å². The number of nitrogens with zero attached hydrogens (tertiary/aromatic N) is 1. The first kappa shape index (κ1) is 14.6. The van der Waals surface area contributed by atoms with Crippen LogP contribution in [0.25, 0.3) is 0 Å². The Morgan fingerprint density at radius 3 is 2.61 bits per heavy atom. The van der Waals surface area contributed by atoms with E-state index >= 15 is 0 Å². The number of hydrogen-bond acceptors (Lipinski definition) is 4. The number of nitro benzene ring substituents is 1. The minimum Gasteiger partial charge on any atom is -0.395 e. The van der Waals surface area contributed by atoms with E-state index in [9.17, 15) is 10.1 Å². The zero-order valence-corrected chi connectivity index (χ0v) is 10.8. The van der Waals surface area contributed by atoms with Crippen molar-refractivity contribution < 1.29 is 10.0 Å².